The number of hydrogen-bond acceptors (Lipinski definition) is 5. The van der Waals surface area contributed by atoms with Crippen LogP contribution in [0, 0.1) is 0 Å². The molecule has 0 saturated carbocycles. The third-order valence-electron chi connectivity index (χ3n) is 3.61. The number of carbonyl (C=O) groups is 4. The van der Waals surface area contributed by atoms with Crippen LogP contribution in [-0.4, -0.2) is 60.4 Å². The van der Waals surface area contributed by atoms with Gasteiger partial charge in [-0.25, -0.2) is 4.79 Å². The summed E-state index contributed by atoms with van der Waals surface area (Å²) in [5.74, 6) is -1.82. The molecule has 1 aromatic carbocycles. The number of likely N-dealkylation sites (N-methyl/N-ethyl adjacent to an activating group) is 1. The average molecular weight is 368 g/mol. The van der Waals surface area contributed by atoms with E-state index in [1.165, 1.54) is 11.9 Å². The van der Waals surface area contributed by atoms with Crippen molar-refractivity contribution in [1.82, 2.24) is 15.1 Å². The lowest BCUT2D eigenvalue weighted by molar-refractivity contribution is -0.150. The minimum Gasteiger partial charge on any atom is -0.454 e. The molecule has 0 spiro atoms. The fourth-order valence-corrected chi connectivity index (χ4v) is 2.49. The number of rotatable bonds is 6. The highest BCUT2D eigenvalue weighted by Crippen LogP contribution is 2.17. The number of halogens is 1. The van der Waals surface area contributed by atoms with Gasteiger partial charge in [-0.2, -0.15) is 0 Å². The fourth-order valence-electron chi connectivity index (χ4n) is 2.29. The minimum atomic E-state index is -0.831. The van der Waals surface area contributed by atoms with Crippen molar-refractivity contribution in [2.24, 2.45) is 0 Å². The zero-order valence-electron chi connectivity index (χ0n) is 13.8. The Kier molecular flexibility index (Phi) is 5.97. The summed E-state index contributed by atoms with van der Waals surface area (Å²) in [5.41, 5.74) is 0.809. The van der Waals surface area contributed by atoms with E-state index in [2.05, 4.69) is 5.32 Å². The summed E-state index contributed by atoms with van der Waals surface area (Å²) >= 11 is 5.90. The standard InChI is InChI=1S/C16H18ClN3O5/c1-10(11-4-3-5-12(17)6-11)18-13(21)9-25-15(23)8-20-14(22)7-19(2)16(20)24/h3-6,10H,7-9H2,1-2H3,(H,18,21)/t10-/m1/s1. The number of esters is 1. The first-order valence-corrected chi connectivity index (χ1v) is 7.91. The first kappa shape index (κ1) is 18.7. The summed E-state index contributed by atoms with van der Waals surface area (Å²) < 4.78 is 4.82. The van der Waals surface area contributed by atoms with Gasteiger partial charge in [0.05, 0.1) is 6.04 Å². The molecule has 1 N–H and O–H groups in total. The predicted molar refractivity (Wildman–Crippen MR) is 88.7 cm³/mol. The van der Waals surface area contributed by atoms with Crippen LogP contribution in [0.3, 0.4) is 0 Å². The predicted octanol–water partition coefficient (Wildman–Crippen LogP) is 0.954. The number of benzene rings is 1. The highest BCUT2D eigenvalue weighted by Gasteiger charge is 2.35. The molecule has 0 bridgehead atoms. The molecule has 0 radical (unpaired) electrons. The number of nitrogens with one attached hydrogen (secondary N) is 1. The number of urea groups is 1. The minimum absolute atomic E-state index is 0.0796. The summed E-state index contributed by atoms with van der Waals surface area (Å²) in [7, 11) is 1.45. The highest BCUT2D eigenvalue weighted by molar-refractivity contribution is 6.30. The van der Waals surface area contributed by atoms with Crippen molar-refractivity contribution in [3.8, 4) is 0 Å². The molecule has 0 aromatic heterocycles. The lowest BCUT2D eigenvalue weighted by Crippen LogP contribution is -2.38. The van der Waals surface area contributed by atoms with Gasteiger partial charge in [-0.1, -0.05) is 23.7 Å². The van der Waals surface area contributed by atoms with Crippen molar-refractivity contribution < 1.29 is 23.9 Å². The van der Waals surface area contributed by atoms with Gasteiger partial charge in [-0.05, 0) is 24.6 Å². The maximum atomic E-state index is 11.9. The Labute approximate surface area is 149 Å². The lowest BCUT2D eigenvalue weighted by atomic mass is 10.1. The Morgan fingerprint density at radius 3 is 2.68 bits per heavy atom. The van der Waals surface area contributed by atoms with Crippen LogP contribution in [0.2, 0.25) is 5.02 Å². The van der Waals surface area contributed by atoms with Gasteiger partial charge in [0.15, 0.2) is 6.61 Å². The molecule has 2 rings (SSSR count). The molecule has 1 heterocycles. The molecule has 25 heavy (non-hydrogen) atoms. The van der Waals surface area contributed by atoms with Gasteiger partial charge < -0.3 is 15.0 Å². The van der Waals surface area contributed by atoms with E-state index in [0.29, 0.717) is 5.02 Å². The molecule has 4 amide bonds. The van der Waals surface area contributed by atoms with Crippen LogP contribution in [0.15, 0.2) is 24.3 Å². The van der Waals surface area contributed by atoms with Crippen LogP contribution >= 0.6 is 11.6 Å². The molecule has 0 aliphatic carbocycles. The zero-order valence-corrected chi connectivity index (χ0v) is 14.6. The van der Waals surface area contributed by atoms with Gasteiger partial charge >= 0.3 is 12.0 Å². The molecule has 134 valence electrons. The van der Waals surface area contributed by atoms with Gasteiger partial charge in [0.1, 0.15) is 13.1 Å². The molecule has 1 saturated heterocycles. The number of carbonyl (C=O) groups excluding carboxylic acids is 4. The van der Waals surface area contributed by atoms with Crippen LogP contribution < -0.4 is 5.32 Å². The van der Waals surface area contributed by atoms with Crippen LogP contribution in [0.1, 0.15) is 18.5 Å². The quantitative estimate of drug-likeness (QED) is 0.596. The van der Waals surface area contributed by atoms with Crippen molar-refractivity contribution >= 4 is 35.4 Å². The zero-order chi connectivity index (χ0) is 18.6. The summed E-state index contributed by atoms with van der Waals surface area (Å²) in [4.78, 5) is 48.8. The van der Waals surface area contributed by atoms with Crippen LogP contribution in [0.25, 0.3) is 0 Å². The Hall–Kier alpha value is -2.61. The molecule has 9 heteroatoms. The normalized spacial score (nSPS) is 15.3. The van der Waals surface area contributed by atoms with Crippen LogP contribution in [-0.2, 0) is 19.1 Å². The van der Waals surface area contributed by atoms with E-state index in [1.807, 2.05) is 6.07 Å². The fraction of sp³-hybridized carbons (Fsp3) is 0.375. The third kappa shape index (κ3) is 4.93. The molecule has 0 unspecified atom stereocenters. The van der Waals surface area contributed by atoms with Crippen LogP contribution in [0.4, 0.5) is 4.79 Å². The van der Waals surface area contributed by atoms with Crippen molar-refractivity contribution in [2.75, 3.05) is 26.7 Å². The maximum Gasteiger partial charge on any atom is 0.327 e. The average Bonchev–Trinajstić information content (AvgIpc) is 2.79. The topological polar surface area (TPSA) is 96.0 Å². The SMILES string of the molecule is C[C@@H](NC(=O)COC(=O)CN1C(=O)CN(C)C1=O)c1cccc(Cl)c1. The largest absolute Gasteiger partial charge is 0.454 e. The molecule has 1 aliphatic rings. The van der Waals surface area contributed by atoms with E-state index < -0.39 is 37.0 Å². The molecule has 1 aromatic rings. The molecule has 1 fully saturated rings. The molecule has 1 atom stereocenters. The number of amides is 4. The Morgan fingerprint density at radius 1 is 1.36 bits per heavy atom. The number of nitrogens with zero attached hydrogens (tertiary/aromatic N) is 2. The smallest absolute Gasteiger partial charge is 0.327 e. The van der Waals surface area contributed by atoms with Gasteiger partial charge in [0, 0.05) is 12.1 Å². The molecular formula is C16H18ClN3O5. The van der Waals surface area contributed by atoms with E-state index in [0.717, 1.165) is 10.5 Å². The summed E-state index contributed by atoms with van der Waals surface area (Å²) in [5, 5.41) is 3.22. The number of hydrogen-bond donors (Lipinski definition) is 1. The maximum absolute atomic E-state index is 11.9. The van der Waals surface area contributed by atoms with E-state index in [4.69, 9.17) is 16.3 Å². The van der Waals surface area contributed by atoms with Crippen molar-refractivity contribution in [1.29, 1.82) is 0 Å². The Balaban J connectivity index is 1.78. The van der Waals surface area contributed by atoms with E-state index in [-0.39, 0.29) is 12.6 Å². The van der Waals surface area contributed by atoms with Crippen molar-refractivity contribution in [3.63, 3.8) is 0 Å². The van der Waals surface area contributed by atoms with Gasteiger partial charge in [0.2, 0.25) is 0 Å². The molecule has 8 nitrogen and oxygen atoms in total. The van der Waals surface area contributed by atoms with Crippen molar-refractivity contribution in [2.45, 2.75) is 13.0 Å². The second-order valence-electron chi connectivity index (χ2n) is 5.62. The van der Waals surface area contributed by atoms with Gasteiger partial charge in [0.25, 0.3) is 11.8 Å². The molecular weight excluding hydrogens is 350 g/mol. The first-order chi connectivity index (χ1) is 11.8. The molecule has 1 aliphatic heterocycles. The van der Waals surface area contributed by atoms with Gasteiger partial charge in [-0.3, -0.25) is 19.3 Å². The summed E-state index contributed by atoms with van der Waals surface area (Å²) in [6.07, 6.45) is 0. The van der Waals surface area contributed by atoms with Crippen LogP contribution in [0.5, 0.6) is 0 Å². The summed E-state index contributed by atoms with van der Waals surface area (Å²) in [6.45, 7) is 0.668. The number of imide groups is 1. The lowest BCUT2D eigenvalue weighted by Gasteiger charge is -2.16. The monoisotopic (exact) mass is 367 g/mol. The van der Waals surface area contributed by atoms with E-state index in [9.17, 15) is 19.2 Å². The van der Waals surface area contributed by atoms with Gasteiger partial charge in [-0.15, -0.1) is 0 Å². The Bertz CT molecular complexity index is 709. The van der Waals surface area contributed by atoms with Crippen molar-refractivity contribution in [3.05, 3.63) is 34.9 Å². The second-order valence-corrected chi connectivity index (χ2v) is 6.06. The van der Waals surface area contributed by atoms with E-state index in [1.54, 1.807) is 25.1 Å². The second kappa shape index (κ2) is 7.98. The first-order valence-electron chi connectivity index (χ1n) is 7.54. The number of ether oxygens (including phenoxy) is 1. The highest BCUT2D eigenvalue weighted by atomic mass is 35.5. The third-order valence-corrected chi connectivity index (χ3v) is 3.84. The van der Waals surface area contributed by atoms with E-state index >= 15 is 0 Å². The summed E-state index contributed by atoms with van der Waals surface area (Å²) in [6, 6.07) is 6.13. The Morgan fingerprint density at radius 2 is 2.08 bits per heavy atom.